The van der Waals surface area contributed by atoms with Gasteiger partial charge in [0.2, 0.25) is 0 Å². The van der Waals surface area contributed by atoms with E-state index < -0.39 is 0 Å². The van der Waals surface area contributed by atoms with Gasteiger partial charge in [0.05, 0.1) is 5.69 Å². The van der Waals surface area contributed by atoms with Crippen molar-refractivity contribution in [2.45, 2.75) is 78.3 Å². The van der Waals surface area contributed by atoms with E-state index >= 15 is 0 Å². The molecule has 0 atom stereocenters. The van der Waals surface area contributed by atoms with Gasteiger partial charge in [0.1, 0.15) is 5.82 Å². The van der Waals surface area contributed by atoms with Crippen LogP contribution in [0.4, 0.5) is 0 Å². The van der Waals surface area contributed by atoms with Gasteiger partial charge < -0.3 is 10.2 Å². The predicted molar refractivity (Wildman–Crippen MR) is 181 cm³/mol. The van der Waals surface area contributed by atoms with Crippen LogP contribution in [0.2, 0.25) is 0 Å². The normalized spacial score (nSPS) is 18.8. The van der Waals surface area contributed by atoms with Crippen LogP contribution in [0.5, 0.6) is 0 Å². The van der Waals surface area contributed by atoms with Crippen LogP contribution in [-0.2, 0) is 6.54 Å². The number of hydrogen-bond donors (Lipinski definition) is 2. The molecule has 1 aromatic heterocycles. The first-order valence-corrected chi connectivity index (χ1v) is 16.2. The zero-order valence-corrected chi connectivity index (χ0v) is 26.9. The van der Waals surface area contributed by atoms with Crippen LogP contribution < -0.4 is 5.32 Å². The van der Waals surface area contributed by atoms with Crippen molar-refractivity contribution >= 4 is 11.8 Å². The average Bonchev–Trinajstić information content (AvgIpc) is 3.47. The Hall–Kier alpha value is -3.48. The highest BCUT2D eigenvalue weighted by atomic mass is 15.2. The Labute approximate surface area is 259 Å². The van der Waals surface area contributed by atoms with Gasteiger partial charge in [-0.3, -0.25) is 10.00 Å². The third-order valence-corrected chi connectivity index (χ3v) is 9.28. The number of aromatic nitrogens is 2. The third kappa shape index (κ3) is 8.12. The van der Waals surface area contributed by atoms with E-state index in [-0.39, 0.29) is 0 Å². The van der Waals surface area contributed by atoms with E-state index in [2.05, 4.69) is 116 Å². The quantitative estimate of drug-likeness (QED) is 0.244. The molecule has 2 aliphatic heterocycles. The predicted octanol–water partition coefficient (Wildman–Crippen LogP) is 7.56. The molecule has 43 heavy (non-hydrogen) atoms. The maximum absolute atomic E-state index is 5.01. The largest absolute Gasteiger partial charge is 0.367 e. The maximum Gasteiger partial charge on any atom is 0.124 e. The zero-order chi connectivity index (χ0) is 30.2. The first kappa shape index (κ1) is 31.0. The molecule has 0 saturated carbocycles. The molecule has 2 aliphatic rings. The lowest BCUT2D eigenvalue weighted by molar-refractivity contribution is 0.195. The smallest absolute Gasteiger partial charge is 0.124 e. The van der Waals surface area contributed by atoms with Crippen LogP contribution in [0.15, 0.2) is 77.1 Å². The fourth-order valence-corrected chi connectivity index (χ4v) is 6.28. The molecule has 6 heteroatoms. The van der Waals surface area contributed by atoms with Gasteiger partial charge in [-0.15, -0.1) is 0 Å². The van der Waals surface area contributed by atoms with Crippen molar-refractivity contribution in [1.29, 1.82) is 0 Å². The Morgan fingerprint density at radius 2 is 1.67 bits per heavy atom. The minimum Gasteiger partial charge on any atom is -0.367 e. The van der Waals surface area contributed by atoms with Crippen LogP contribution in [0.25, 0.3) is 16.8 Å². The number of aliphatic imine (C=N–C) groups is 1. The summed E-state index contributed by atoms with van der Waals surface area (Å²) in [4.78, 5) is 10.00. The molecule has 2 saturated heterocycles. The zero-order valence-electron chi connectivity index (χ0n) is 26.9. The number of likely N-dealkylation sites (tertiary alicyclic amines) is 2. The molecule has 0 spiro atoms. The molecule has 0 unspecified atom stereocenters. The van der Waals surface area contributed by atoms with Crippen molar-refractivity contribution < 1.29 is 0 Å². The van der Waals surface area contributed by atoms with Crippen molar-refractivity contribution in [3.8, 4) is 11.3 Å². The van der Waals surface area contributed by atoms with E-state index in [0.717, 1.165) is 81.9 Å². The molecule has 2 N–H and O–H groups in total. The van der Waals surface area contributed by atoms with E-state index in [1.807, 2.05) is 6.21 Å². The minimum atomic E-state index is 0.448. The Kier molecular flexibility index (Phi) is 10.7. The molecule has 0 aliphatic carbocycles. The number of piperidine rings is 2. The van der Waals surface area contributed by atoms with E-state index in [9.17, 15) is 0 Å². The SMILES string of the molecule is CCC(C)=C(/N=C\C=C(/C)c1c(-c2ccc(C)cc2)n[nH]c1C1CCN(C)CC1)NC1CCN(Cc2ccccc2)CC1. The molecule has 3 heterocycles. The van der Waals surface area contributed by atoms with Gasteiger partial charge >= 0.3 is 0 Å². The van der Waals surface area contributed by atoms with Gasteiger partial charge in [0.15, 0.2) is 0 Å². The van der Waals surface area contributed by atoms with Crippen LogP contribution in [0.1, 0.15) is 81.2 Å². The first-order chi connectivity index (χ1) is 20.9. The number of nitrogens with one attached hydrogen (secondary N) is 2. The number of rotatable bonds is 10. The topological polar surface area (TPSA) is 59.6 Å². The second kappa shape index (κ2) is 14.8. The number of hydrogen-bond acceptors (Lipinski definition) is 5. The lowest BCUT2D eigenvalue weighted by Crippen LogP contribution is -2.41. The van der Waals surface area contributed by atoms with Crippen molar-refractivity contribution in [1.82, 2.24) is 25.3 Å². The molecular formula is C37H50N6. The summed E-state index contributed by atoms with van der Waals surface area (Å²) < 4.78 is 0. The Morgan fingerprint density at radius 1 is 0.977 bits per heavy atom. The van der Waals surface area contributed by atoms with Crippen molar-refractivity contribution in [2.24, 2.45) is 4.99 Å². The fourth-order valence-electron chi connectivity index (χ4n) is 6.28. The Morgan fingerprint density at radius 3 is 2.35 bits per heavy atom. The van der Waals surface area contributed by atoms with Gasteiger partial charge in [-0.1, -0.05) is 67.1 Å². The van der Waals surface area contributed by atoms with Gasteiger partial charge in [-0.05, 0) is 95.8 Å². The highest BCUT2D eigenvalue weighted by Crippen LogP contribution is 2.37. The number of aromatic amines is 1. The van der Waals surface area contributed by atoms with Crippen LogP contribution in [-0.4, -0.2) is 65.5 Å². The lowest BCUT2D eigenvalue weighted by atomic mass is 9.87. The highest BCUT2D eigenvalue weighted by Gasteiger charge is 2.26. The van der Waals surface area contributed by atoms with Gasteiger partial charge in [0, 0.05) is 54.6 Å². The summed E-state index contributed by atoms with van der Waals surface area (Å²) in [5, 5.41) is 12.2. The number of nitrogens with zero attached hydrogens (tertiary/aromatic N) is 4. The van der Waals surface area contributed by atoms with Crippen LogP contribution >= 0.6 is 0 Å². The van der Waals surface area contributed by atoms with E-state index in [1.54, 1.807) is 0 Å². The molecule has 6 nitrogen and oxygen atoms in total. The third-order valence-electron chi connectivity index (χ3n) is 9.28. The summed E-state index contributed by atoms with van der Waals surface area (Å²) in [6, 6.07) is 20.0. The van der Waals surface area contributed by atoms with Crippen molar-refractivity contribution in [3.05, 3.63) is 94.5 Å². The number of H-pyrrole nitrogens is 1. The van der Waals surface area contributed by atoms with Crippen molar-refractivity contribution in [3.63, 3.8) is 0 Å². The molecule has 3 aromatic rings. The highest BCUT2D eigenvalue weighted by molar-refractivity contribution is 5.89. The van der Waals surface area contributed by atoms with E-state index in [1.165, 1.54) is 33.5 Å². The molecular weight excluding hydrogens is 528 g/mol. The second-order valence-electron chi connectivity index (χ2n) is 12.6. The molecule has 2 fully saturated rings. The number of aryl methyl sites for hydroxylation is 1. The maximum atomic E-state index is 5.01. The Balaban J connectivity index is 1.31. The number of benzene rings is 2. The van der Waals surface area contributed by atoms with E-state index in [4.69, 9.17) is 10.1 Å². The minimum absolute atomic E-state index is 0.448. The summed E-state index contributed by atoms with van der Waals surface area (Å²) in [6.45, 7) is 14.2. The summed E-state index contributed by atoms with van der Waals surface area (Å²) >= 11 is 0. The molecule has 0 bridgehead atoms. The first-order valence-electron chi connectivity index (χ1n) is 16.2. The molecule has 5 rings (SSSR count). The lowest BCUT2D eigenvalue weighted by Gasteiger charge is -2.33. The van der Waals surface area contributed by atoms with E-state index in [0.29, 0.717) is 12.0 Å². The molecule has 0 amide bonds. The fraction of sp³-hybridized carbons (Fsp3) is 0.459. The second-order valence-corrected chi connectivity index (χ2v) is 12.6. The average molecular weight is 579 g/mol. The summed E-state index contributed by atoms with van der Waals surface area (Å²) in [5.74, 6) is 1.51. The van der Waals surface area contributed by atoms with Crippen LogP contribution in [0.3, 0.4) is 0 Å². The molecule has 228 valence electrons. The summed E-state index contributed by atoms with van der Waals surface area (Å²) in [6.07, 6.45) is 9.71. The molecule has 2 aromatic carbocycles. The van der Waals surface area contributed by atoms with Gasteiger partial charge in [0.25, 0.3) is 0 Å². The van der Waals surface area contributed by atoms with Gasteiger partial charge in [-0.25, -0.2) is 4.99 Å². The monoisotopic (exact) mass is 578 g/mol. The standard InChI is InChI=1S/C37H50N6/c1-6-28(3)37(39-33-19-24-43(25-20-33)26-30-10-8-7-9-11-30)38-21-16-29(4)34-35(31-14-12-27(2)13-15-31)40-41-36(34)32-17-22-42(5)23-18-32/h7-16,21,32-33,39H,6,17-20,22-26H2,1-5H3,(H,40,41)/b29-16+,37-28?,38-21-. The number of allylic oxidation sites excluding steroid dienone is 3. The van der Waals surface area contributed by atoms with Crippen molar-refractivity contribution in [2.75, 3.05) is 33.2 Å². The Bertz CT molecular complexity index is 1400. The summed E-state index contributed by atoms with van der Waals surface area (Å²) in [7, 11) is 2.22. The van der Waals surface area contributed by atoms with Crippen LogP contribution in [0, 0.1) is 6.92 Å². The van der Waals surface area contributed by atoms with Gasteiger partial charge in [-0.2, -0.15) is 5.10 Å². The summed E-state index contributed by atoms with van der Waals surface area (Å²) in [5.41, 5.74) is 9.85. The molecule has 0 radical (unpaired) electrons.